The van der Waals surface area contributed by atoms with E-state index in [1.807, 2.05) is 32.3 Å². The van der Waals surface area contributed by atoms with Crippen molar-refractivity contribution in [3.05, 3.63) is 65.5 Å². The molecule has 5 heteroatoms. The van der Waals surface area contributed by atoms with Crippen molar-refractivity contribution in [3.63, 3.8) is 0 Å². The van der Waals surface area contributed by atoms with Crippen LogP contribution in [0, 0.1) is 5.82 Å². The molecule has 1 atom stereocenters. The summed E-state index contributed by atoms with van der Waals surface area (Å²) in [6.07, 6.45) is 1.57. The summed E-state index contributed by atoms with van der Waals surface area (Å²) >= 11 is 0. The van der Waals surface area contributed by atoms with Crippen LogP contribution in [0.5, 0.6) is 0 Å². The molecule has 0 aliphatic rings. The van der Waals surface area contributed by atoms with Gasteiger partial charge in [0.1, 0.15) is 5.82 Å². The van der Waals surface area contributed by atoms with Gasteiger partial charge in [-0.15, -0.1) is 0 Å². The number of hydrogen-bond acceptors (Lipinski definition) is 3. The Morgan fingerprint density at radius 3 is 2.18 bits per heavy atom. The first-order chi connectivity index (χ1) is 10.5. The molecule has 0 aromatic heterocycles. The van der Waals surface area contributed by atoms with E-state index in [1.54, 1.807) is 6.07 Å². The lowest BCUT2D eigenvalue weighted by Gasteiger charge is -2.25. The lowest BCUT2D eigenvalue weighted by molar-refractivity contribution is 0.289. The molecular formula is C17H21BFNO2. The predicted molar refractivity (Wildman–Crippen MR) is 87.6 cm³/mol. The van der Waals surface area contributed by atoms with Crippen LogP contribution >= 0.6 is 0 Å². The molecule has 116 valence electrons. The molecule has 0 unspecified atom stereocenters. The average molecular weight is 301 g/mol. The van der Waals surface area contributed by atoms with Crippen molar-refractivity contribution in [1.29, 1.82) is 0 Å². The fourth-order valence-electron chi connectivity index (χ4n) is 2.50. The zero-order chi connectivity index (χ0) is 16.1. The van der Waals surface area contributed by atoms with Gasteiger partial charge in [0, 0.05) is 11.5 Å². The number of hydrogen-bond donors (Lipinski definition) is 2. The Labute approximate surface area is 131 Å². The monoisotopic (exact) mass is 301 g/mol. The van der Waals surface area contributed by atoms with Gasteiger partial charge in [0.2, 0.25) is 0 Å². The number of likely N-dealkylation sites (N-methyl/N-ethyl adjacent to an activating group) is 1. The first-order valence-electron chi connectivity index (χ1n) is 7.32. The third-order valence-electron chi connectivity index (χ3n) is 3.86. The third kappa shape index (κ3) is 4.40. The van der Waals surface area contributed by atoms with Crippen LogP contribution in [0.1, 0.15) is 11.1 Å². The topological polar surface area (TPSA) is 43.7 Å². The first kappa shape index (κ1) is 16.7. The Kier molecular flexibility index (Phi) is 5.72. The number of benzene rings is 2. The van der Waals surface area contributed by atoms with Gasteiger partial charge in [-0.1, -0.05) is 42.5 Å². The Bertz CT molecular complexity index is 605. The van der Waals surface area contributed by atoms with Gasteiger partial charge in [-0.05, 0) is 44.1 Å². The molecule has 0 radical (unpaired) electrons. The maximum absolute atomic E-state index is 13.8. The fraction of sp³-hybridized carbons (Fsp3) is 0.294. The number of nitrogens with zero attached hydrogens (tertiary/aromatic N) is 1. The standard InChI is InChI=1S/C17H21BFNO2/c1-20(2)15(10-13-6-4-3-5-7-13)11-14-8-9-16(18(21)22)17(19)12-14/h3-9,12,15,21-22H,10-11H2,1-2H3/t15-/m1/s1. The molecule has 0 aliphatic carbocycles. The molecule has 0 amide bonds. The van der Waals surface area contributed by atoms with Crippen molar-refractivity contribution < 1.29 is 14.4 Å². The van der Waals surface area contributed by atoms with E-state index in [-0.39, 0.29) is 11.5 Å². The molecular weight excluding hydrogens is 280 g/mol. The van der Waals surface area contributed by atoms with Crippen LogP contribution in [0.25, 0.3) is 0 Å². The summed E-state index contributed by atoms with van der Waals surface area (Å²) in [4.78, 5) is 2.12. The maximum Gasteiger partial charge on any atom is 0.491 e. The molecule has 22 heavy (non-hydrogen) atoms. The summed E-state index contributed by atoms with van der Waals surface area (Å²) in [5.41, 5.74) is 1.99. The molecule has 0 saturated carbocycles. The Balaban J connectivity index is 2.13. The SMILES string of the molecule is CN(C)[C@H](Cc1ccccc1)Cc1ccc(B(O)O)c(F)c1. The molecule has 2 aromatic carbocycles. The number of rotatable bonds is 6. The van der Waals surface area contributed by atoms with E-state index < -0.39 is 12.9 Å². The summed E-state index contributed by atoms with van der Waals surface area (Å²) in [7, 11) is 2.24. The normalized spacial score (nSPS) is 12.5. The Morgan fingerprint density at radius 2 is 1.64 bits per heavy atom. The largest absolute Gasteiger partial charge is 0.491 e. The van der Waals surface area contributed by atoms with Gasteiger partial charge in [0.05, 0.1) is 0 Å². The van der Waals surface area contributed by atoms with E-state index in [9.17, 15) is 4.39 Å². The van der Waals surface area contributed by atoms with Gasteiger partial charge >= 0.3 is 7.12 Å². The van der Waals surface area contributed by atoms with Gasteiger partial charge < -0.3 is 14.9 Å². The van der Waals surface area contributed by atoms with Crippen LogP contribution in [0.4, 0.5) is 4.39 Å². The molecule has 0 bridgehead atoms. The second-order valence-corrected chi connectivity index (χ2v) is 5.74. The molecule has 2 N–H and O–H groups in total. The summed E-state index contributed by atoms with van der Waals surface area (Å²) in [5.74, 6) is -0.579. The lowest BCUT2D eigenvalue weighted by Crippen LogP contribution is -2.34. The highest BCUT2D eigenvalue weighted by molar-refractivity contribution is 6.58. The third-order valence-corrected chi connectivity index (χ3v) is 3.86. The van der Waals surface area contributed by atoms with Crippen LogP contribution in [0.15, 0.2) is 48.5 Å². The van der Waals surface area contributed by atoms with Gasteiger partial charge in [-0.2, -0.15) is 0 Å². The van der Waals surface area contributed by atoms with Crippen LogP contribution < -0.4 is 5.46 Å². The van der Waals surface area contributed by atoms with Crippen LogP contribution in [0.3, 0.4) is 0 Å². The van der Waals surface area contributed by atoms with Gasteiger partial charge in [-0.3, -0.25) is 0 Å². The van der Waals surface area contributed by atoms with Gasteiger partial charge in [-0.25, -0.2) is 4.39 Å². The minimum absolute atomic E-state index is 0.0896. The summed E-state index contributed by atoms with van der Waals surface area (Å²) in [5, 5.41) is 18.1. The minimum Gasteiger partial charge on any atom is -0.423 e. The van der Waals surface area contributed by atoms with Crippen molar-refractivity contribution in [1.82, 2.24) is 4.90 Å². The maximum atomic E-state index is 13.8. The highest BCUT2D eigenvalue weighted by atomic mass is 19.1. The molecule has 0 heterocycles. The van der Waals surface area contributed by atoms with Crippen molar-refractivity contribution in [2.45, 2.75) is 18.9 Å². The molecule has 0 aliphatic heterocycles. The van der Waals surface area contributed by atoms with E-state index in [1.165, 1.54) is 17.7 Å². The highest BCUT2D eigenvalue weighted by Crippen LogP contribution is 2.13. The summed E-state index contributed by atoms with van der Waals surface area (Å²) in [6, 6.07) is 15.0. The molecule has 2 aromatic rings. The van der Waals surface area contributed by atoms with Gasteiger partial charge in [0.15, 0.2) is 0 Å². The summed E-state index contributed by atoms with van der Waals surface area (Å²) in [6.45, 7) is 0. The molecule has 0 saturated heterocycles. The van der Waals surface area contributed by atoms with E-state index in [0.29, 0.717) is 6.42 Å². The van der Waals surface area contributed by atoms with E-state index in [2.05, 4.69) is 17.0 Å². The minimum atomic E-state index is -1.77. The van der Waals surface area contributed by atoms with Crippen molar-refractivity contribution in [2.75, 3.05) is 14.1 Å². The van der Waals surface area contributed by atoms with Crippen molar-refractivity contribution >= 4 is 12.6 Å². The van der Waals surface area contributed by atoms with Crippen molar-refractivity contribution in [3.8, 4) is 0 Å². The Morgan fingerprint density at radius 1 is 1.00 bits per heavy atom. The molecule has 0 spiro atoms. The van der Waals surface area contributed by atoms with E-state index >= 15 is 0 Å². The highest BCUT2D eigenvalue weighted by Gasteiger charge is 2.18. The number of halogens is 1. The quantitative estimate of drug-likeness (QED) is 0.789. The van der Waals surface area contributed by atoms with Crippen molar-refractivity contribution in [2.24, 2.45) is 0 Å². The second kappa shape index (κ2) is 7.54. The van der Waals surface area contributed by atoms with E-state index in [0.717, 1.165) is 12.0 Å². The second-order valence-electron chi connectivity index (χ2n) is 5.74. The Hall–Kier alpha value is -1.69. The van der Waals surface area contributed by atoms with Crippen LogP contribution in [0.2, 0.25) is 0 Å². The predicted octanol–water partition coefficient (Wildman–Crippen LogP) is 1.22. The smallest absolute Gasteiger partial charge is 0.423 e. The zero-order valence-electron chi connectivity index (χ0n) is 12.9. The molecule has 2 rings (SSSR count). The fourth-order valence-corrected chi connectivity index (χ4v) is 2.50. The van der Waals surface area contributed by atoms with Crippen LogP contribution in [-0.4, -0.2) is 42.2 Å². The first-order valence-corrected chi connectivity index (χ1v) is 7.32. The van der Waals surface area contributed by atoms with Gasteiger partial charge in [0.25, 0.3) is 0 Å². The summed E-state index contributed by atoms with van der Waals surface area (Å²) < 4.78 is 13.8. The molecule has 0 fully saturated rings. The zero-order valence-corrected chi connectivity index (χ0v) is 12.9. The molecule has 3 nitrogen and oxygen atoms in total. The average Bonchev–Trinajstić information content (AvgIpc) is 2.47. The van der Waals surface area contributed by atoms with Crippen LogP contribution in [-0.2, 0) is 12.8 Å². The lowest BCUT2D eigenvalue weighted by atomic mass is 9.79. The van der Waals surface area contributed by atoms with E-state index in [4.69, 9.17) is 10.0 Å².